The number of halogens is 1. The smallest absolute Gasteiger partial charge is 0.0709 e. The summed E-state index contributed by atoms with van der Waals surface area (Å²) < 4.78 is 6.14. The van der Waals surface area contributed by atoms with E-state index in [2.05, 4.69) is 0 Å². The van der Waals surface area contributed by atoms with Crippen molar-refractivity contribution in [1.82, 2.24) is 0 Å². The van der Waals surface area contributed by atoms with Crippen LogP contribution >= 0.6 is 35.1 Å². The molecule has 0 saturated carbocycles. The summed E-state index contributed by atoms with van der Waals surface area (Å²) in [7, 11) is 0. The Bertz CT molecular complexity index is 471. The molecule has 0 aromatic heterocycles. The molecule has 1 aromatic rings. The van der Waals surface area contributed by atoms with Gasteiger partial charge in [-0.05, 0) is 55.4 Å². The lowest BCUT2D eigenvalue weighted by Crippen LogP contribution is -2.43. The third kappa shape index (κ3) is 3.41. The SMILES string of the molecule is Nc1ccc(SC2CCOC3(CCSCC3)C2)c(Cl)c1. The van der Waals surface area contributed by atoms with Gasteiger partial charge >= 0.3 is 0 Å². The number of nitrogens with two attached hydrogens (primary N) is 1. The molecule has 0 radical (unpaired) electrons. The van der Waals surface area contributed by atoms with E-state index in [1.54, 1.807) is 0 Å². The number of anilines is 1. The van der Waals surface area contributed by atoms with Crippen molar-refractivity contribution in [3.05, 3.63) is 23.2 Å². The zero-order valence-electron chi connectivity index (χ0n) is 11.4. The first-order valence-electron chi connectivity index (χ1n) is 7.10. The van der Waals surface area contributed by atoms with E-state index in [0.717, 1.165) is 35.1 Å². The fourth-order valence-corrected chi connectivity index (χ4v) is 5.81. The Kier molecular flexibility index (Phi) is 4.75. The summed E-state index contributed by atoms with van der Waals surface area (Å²) in [4.78, 5) is 1.15. The van der Waals surface area contributed by atoms with Gasteiger partial charge in [-0.15, -0.1) is 11.8 Å². The molecule has 5 heteroatoms. The minimum atomic E-state index is 0.140. The summed E-state index contributed by atoms with van der Waals surface area (Å²) in [6, 6.07) is 5.82. The molecule has 1 unspecified atom stereocenters. The van der Waals surface area contributed by atoms with Crippen molar-refractivity contribution < 1.29 is 4.74 Å². The molecule has 2 aliphatic heterocycles. The monoisotopic (exact) mass is 329 g/mol. The minimum absolute atomic E-state index is 0.140. The van der Waals surface area contributed by atoms with Gasteiger partial charge in [0.1, 0.15) is 0 Å². The zero-order chi connectivity index (χ0) is 14.0. The van der Waals surface area contributed by atoms with E-state index < -0.39 is 0 Å². The summed E-state index contributed by atoms with van der Waals surface area (Å²) in [5.74, 6) is 2.47. The molecule has 2 fully saturated rings. The highest BCUT2D eigenvalue weighted by atomic mass is 35.5. The van der Waals surface area contributed by atoms with Gasteiger partial charge in [0, 0.05) is 22.4 Å². The Morgan fingerprint density at radius 3 is 2.90 bits per heavy atom. The van der Waals surface area contributed by atoms with Crippen LogP contribution in [0.25, 0.3) is 0 Å². The molecule has 3 rings (SSSR count). The third-order valence-corrected chi connectivity index (χ3v) is 6.86. The van der Waals surface area contributed by atoms with E-state index in [0.29, 0.717) is 5.25 Å². The van der Waals surface area contributed by atoms with Crippen molar-refractivity contribution >= 4 is 40.8 Å². The number of rotatable bonds is 2. The Morgan fingerprint density at radius 2 is 2.15 bits per heavy atom. The Balaban J connectivity index is 1.68. The molecule has 2 aliphatic rings. The molecule has 1 atom stereocenters. The van der Waals surface area contributed by atoms with Crippen molar-refractivity contribution in [3.8, 4) is 0 Å². The van der Waals surface area contributed by atoms with Crippen LogP contribution < -0.4 is 5.73 Å². The third-order valence-electron chi connectivity index (χ3n) is 4.10. The molecule has 2 heterocycles. The number of thioether (sulfide) groups is 2. The summed E-state index contributed by atoms with van der Waals surface area (Å²) in [6.07, 6.45) is 4.66. The minimum Gasteiger partial charge on any atom is -0.399 e. The van der Waals surface area contributed by atoms with Crippen molar-refractivity contribution in [2.24, 2.45) is 0 Å². The molecule has 0 aliphatic carbocycles. The molecule has 2 N–H and O–H groups in total. The highest BCUT2D eigenvalue weighted by Gasteiger charge is 2.39. The quantitative estimate of drug-likeness (QED) is 0.812. The Hall–Kier alpha value is -0.0300. The first-order chi connectivity index (χ1) is 9.67. The van der Waals surface area contributed by atoms with Gasteiger partial charge in [0.05, 0.1) is 10.6 Å². The average molecular weight is 330 g/mol. The number of hydrogen-bond acceptors (Lipinski definition) is 4. The van der Waals surface area contributed by atoms with Gasteiger partial charge in [-0.2, -0.15) is 11.8 Å². The largest absolute Gasteiger partial charge is 0.399 e. The topological polar surface area (TPSA) is 35.2 Å². The maximum atomic E-state index is 6.29. The van der Waals surface area contributed by atoms with Gasteiger partial charge in [-0.25, -0.2) is 0 Å². The van der Waals surface area contributed by atoms with E-state index in [1.807, 2.05) is 41.7 Å². The van der Waals surface area contributed by atoms with Crippen LogP contribution in [0.3, 0.4) is 0 Å². The molecular weight excluding hydrogens is 310 g/mol. The maximum absolute atomic E-state index is 6.29. The first-order valence-corrected chi connectivity index (χ1v) is 9.52. The summed E-state index contributed by atoms with van der Waals surface area (Å²) in [5.41, 5.74) is 6.63. The second-order valence-corrected chi connectivity index (χ2v) is 8.54. The highest BCUT2D eigenvalue weighted by molar-refractivity contribution is 8.00. The highest BCUT2D eigenvalue weighted by Crippen LogP contribution is 2.43. The van der Waals surface area contributed by atoms with Crippen LogP contribution in [0.1, 0.15) is 25.7 Å². The number of benzene rings is 1. The number of nitrogen functional groups attached to an aromatic ring is 1. The lowest BCUT2D eigenvalue weighted by atomic mass is 9.88. The van der Waals surface area contributed by atoms with Crippen LogP contribution in [0, 0.1) is 0 Å². The van der Waals surface area contributed by atoms with E-state index >= 15 is 0 Å². The zero-order valence-corrected chi connectivity index (χ0v) is 13.8. The van der Waals surface area contributed by atoms with Crippen molar-refractivity contribution in [1.29, 1.82) is 0 Å². The van der Waals surface area contributed by atoms with Crippen molar-refractivity contribution in [3.63, 3.8) is 0 Å². The molecule has 20 heavy (non-hydrogen) atoms. The van der Waals surface area contributed by atoms with Gasteiger partial charge in [-0.3, -0.25) is 0 Å². The van der Waals surface area contributed by atoms with E-state index in [9.17, 15) is 0 Å². The van der Waals surface area contributed by atoms with Crippen molar-refractivity contribution in [2.45, 2.75) is 41.4 Å². The Labute approximate surface area is 134 Å². The van der Waals surface area contributed by atoms with Crippen LogP contribution in [0.4, 0.5) is 5.69 Å². The van der Waals surface area contributed by atoms with Crippen LogP contribution in [0.2, 0.25) is 5.02 Å². The van der Waals surface area contributed by atoms with Gasteiger partial charge in [0.2, 0.25) is 0 Å². The molecule has 1 aromatic carbocycles. The van der Waals surface area contributed by atoms with E-state index in [1.165, 1.54) is 24.3 Å². The van der Waals surface area contributed by atoms with Crippen LogP contribution in [0.5, 0.6) is 0 Å². The molecule has 2 nitrogen and oxygen atoms in total. The Morgan fingerprint density at radius 1 is 1.35 bits per heavy atom. The lowest BCUT2D eigenvalue weighted by Gasteiger charge is -2.43. The summed E-state index contributed by atoms with van der Waals surface area (Å²) in [6.45, 7) is 0.884. The normalized spacial score (nSPS) is 25.8. The molecule has 0 bridgehead atoms. The lowest BCUT2D eigenvalue weighted by molar-refractivity contribution is -0.0804. The summed E-state index contributed by atoms with van der Waals surface area (Å²) in [5, 5.41) is 1.38. The number of ether oxygens (including phenoxy) is 1. The van der Waals surface area contributed by atoms with Gasteiger partial charge in [0.15, 0.2) is 0 Å². The predicted octanol–water partition coefficient (Wildman–Crippen LogP) is 4.46. The standard InChI is InChI=1S/C15H20ClNOS2/c16-13-9-11(17)1-2-14(13)20-12-3-6-18-15(10-12)4-7-19-8-5-15/h1-2,9,12H,3-8,10,17H2. The molecule has 1 spiro atoms. The second kappa shape index (κ2) is 6.39. The van der Waals surface area contributed by atoms with Crippen LogP contribution in [0.15, 0.2) is 23.1 Å². The molecular formula is C15H20ClNOS2. The maximum Gasteiger partial charge on any atom is 0.0709 e. The predicted molar refractivity (Wildman–Crippen MR) is 90.0 cm³/mol. The van der Waals surface area contributed by atoms with E-state index in [4.69, 9.17) is 22.1 Å². The fourth-order valence-electron chi connectivity index (χ4n) is 2.97. The summed E-state index contributed by atoms with van der Waals surface area (Å²) >= 11 is 10.2. The van der Waals surface area contributed by atoms with Crippen molar-refractivity contribution in [2.75, 3.05) is 23.8 Å². The fraction of sp³-hybridized carbons (Fsp3) is 0.600. The number of hydrogen-bond donors (Lipinski definition) is 1. The molecule has 2 saturated heterocycles. The van der Waals surface area contributed by atoms with Gasteiger partial charge < -0.3 is 10.5 Å². The molecule has 110 valence electrons. The van der Waals surface area contributed by atoms with Crippen LogP contribution in [-0.4, -0.2) is 29.0 Å². The van der Waals surface area contributed by atoms with Crippen LogP contribution in [-0.2, 0) is 4.74 Å². The van der Waals surface area contributed by atoms with Gasteiger partial charge in [0.25, 0.3) is 0 Å². The second-order valence-electron chi connectivity index (χ2n) is 5.57. The average Bonchev–Trinajstić information content (AvgIpc) is 2.43. The first kappa shape index (κ1) is 14.9. The van der Waals surface area contributed by atoms with E-state index in [-0.39, 0.29) is 5.60 Å². The van der Waals surface area contributed by atoms with Gasteiger partial charge in [-0.1, -0.05) is 11.6 Å². The molecule has 0 amide bonds.